The zero-order chi connectivity index (χ0) is 13.4. The minimum Gasteiger partial charge on any atom is -0.367 e. The normalized spacial score (nSPS) is 10.8. The van der Waals surface area contributed by atoms with Gasteiger partial charge in [0.1, 0.15) is 11.5 Å². The lowest BCUT2D eigenvalue weighted by molar-refractivity contribution is 0.439. The Bertz CT molecular complexity index is 718. The second-order valence-electron chi connectivity index (χ2n) is 4.02. The van der Waals surface area contributed by atoms with Gasteiger partial charge in [-0.25, -0.2) is 9.37 Å². The van der Waals surface area contributed by atoms with E-state index >= 15 is 0 Å². The summed E-state index contributed by atoms with van der Waals surface area (Å²) in [7, 11) is 0. The number of aryl methyl sites for hydroxylation is 1. The Hall–Kier alpha value is -2.21. The van der Waals surface area contributed by atoms with Gasteiger partial charge in [-0.05, 0) is 24.6 Å². The van der Waals surface area contributed by atoms with E-state index in [0.717, 1.165) is 15.4 Å². The Morgan fingerprint density at radius 3 is 2.63 bits per heavy atom. The van der Waals surface area contributed by atoms with E-state index in [1.165, 1.54) is 23.5 Å². The largest absolute Gasteiger partial charge is 0.367 e. The van der Waals surface area contributed by atoms with Crippen molar-refractivity contribution in [3.63, 3.8) is 0 Å². The average molecular weight is 275 g/mol. The molecule has 0 aliphatic carbocycles. The third kappa shape index (κ3) is 2.10. The smallest absolute Gasteiger partial charge is 0.230 e. The molecule has 19 heavy (non-hydrogen) atoms. The summed E-state index contributed by atoms with van der Waals surface area (Å²) in [6, 6.07) is 6.05. The number of rotatable bonds is 2. The van der Waals surface area contributed by atoms with Gasteiger partial charge in [0.05, 0.1) is 15.4 Å². The summed E-state index contributed by atoms with van der Waals surface area (Å²) in [6.45, 7) is 1.91. The number of nitrogens with zero attached hydrogens (tertiary/aromatic N) is 2. The minimum absolute atomic E-state index is 0.215. The van der Waals surface area contributed by atoms with Crippen LogP contribution in [0.15, 0.2) is 35.0 Å². The fourth-order valence-corrected chi connectivity index (χ4v) is 2.60. The van der Waals surface area contributed by atoms with E-state index in [1.54, 1.807) is 18.3 Å². The quantitative estimate of drug-likeness (QED) is 0.777. The molecule has 0 unspecified atom stereocenters. The molecule has 2 aromatic heterocycles. The summed E-state index contributed by atoms with van der Waals surface area (Å²) in [4.78, 5) is 5.06. The van der Waals surface area contributed by atoms with Gasteiger partial charge in [-0.15, -0.1) is 11.3 Å². The van der Waals surface area contributed by atoms with Gasteiger partial charge in [-0.2, -0.15) is 0 Å². The highest BCUT2D eigenvalue weighted by atomic mass is 32.1. The molecule has 2 heterocycles. The number of hydrogen-bond donors (Lipinski definition) is 1. The van der Waals surface area contributed by atoms with Crippen LogP contribution in [0.4, 0.5) is 10.3 Å². The molecule has 3 rings (SSSR count). The van der Waals surface area contributed by atoms with Crippen molar-refractivity contribution < 1.29 is 8.91 Å². The number of nitrogens with two attached hydrogens (primary N) is 1. The van der Waals surface area contributed by atoms with Crippen LogP contribution in [0.2, 0.25) is 0 Å². The Morgan fingerprint density at radius 2 is 2.00 bits per heavy atom. The minimum atomic E-state index is -0.297. The standard InChI is InChI=1S/C13H10FN3OS/c1-7-16-6-10(19-7)12-11(13(15)18-17-12)8-2-4-9(14)5-3-8/h2-6H,15H2,1H3. The first-order valence-corrected chi connectivity index (χ1v) is 6.40. The van der Waals surface area contributed by atoms with Crippen LogP contribution >= 0.6 is 11.3 Å². The number of nitrogen functional groups attached to an aromatic ring is 1. The highest BCUT2D eigenvalue weighted by Gasteiger charge is 2.19. The molecule has 0 atom stereocenters. The molecule has 6 heteroatoms. The fourth-order valence-electron chi connectivity index (χ4n) is 1.84. The third-order valence-corrected chi connectivity index (χ3v) is 3.63. The van der Waals surface area contributed by atoms with E-state index in [9.17, 15) is 4.39 Å². The Kier molecular flexibility index (Phi) is 2.79. The van der Waals surface area contributed by atoms with Gasteiger partial charge in [0.25, 0.3) is 0 Å². The molecular formula is C13H10FN3OS. The molecule has 0 amide bonds. The maximum Gasteiger partial charge on any atom is 0.230 e. The van der Waals surface area contributed by atoms with Crippen LogP contribution in [0.25, 0.3) is 21.7 Å². The van der Waals surface area contributed by atoms with E-state index < -0.39 is 0 Å². The van der Waals surface area contributed by atoms with Crippen molar-refractivity contribution in [2.75, 3.05) is 5.73 Å². The maximum absolute atomic E-state index is 13.0. The second kappa shape index (κ2) is 4.47. The molecule has 0 saturated heterocycles. The van der Waals surface area contributed by atoms with Gasteiger partial charge >= 0.3 is 0 Å². The summed E-state index contributed by atoms with van der Waals surface area (Å²) >= 11 is 1.50. The third-order valence-electron chi connectivity index (χ3n) is 2.71. The molecule has 0 aliphatic heterocycles. The first-order chi connectivity index (χ1) is 9.15. The molecule has 4 nitrogen and oxygen atoms in total. The van der Waals surface area contributed by atoms with Crippen LogP contribution in [0.5, 0.6) is 0 Å². The molecular weight excluding hydrogens is 265 g/mol. The van der Waals surface area contributed by atoms with E-state index in [2.05, 4.69) is 10.1 Å². The van der Waals surface area contributed by atoms with Gasteiger partial charge in [0.2, 0.25) is 5.88 Å². The summed E-state index contributed by atoms with van der Waals surface area (Å²) in [6.07, 6.45) is 1.73. The van der Waals surface area contributed by atoms with Crippen LogP contribution < -0.4 is 5.73 Å². The first kappa shape index (κ1) is 11.9. The molecule has 0 radical (unpaired) electrons. The molecule has 2 N–H and O–H groups in total. The number of anilines is 1. The van der Waals surface area contributed by atoms with Crippen molar-refractivity contribution in [1.29, 1.82) is 0 Å². The number of benzene rings is 1. The Balaban J connectivity index is 2.16. The summed E-state index contributed by atoms with van der Waals surface area (Å²) < 4.78 is 18.0. The summed E-state index contributed by atoms with van der Waals surface area (Å²) in [5.74, 6) is -0.0818. The Morgan fingerprint density at radius 1 is 1.26 bits per heavy atom. The van der Waals surface area contributed by atoms with Crippen molar-refractivity contribution in [2.24, 2.45) is 0 Å². The van der Waals surface area contributed by atoms with Crippen LogP contribution in [0.3, 0.4) is 0 Å². The molecule has 96 valence electrons. The molecule has 1 aromatic carbocycles. The van der Waals surface area contributed by atoms with Crippen LogP contribution in [0, 0.1) is 12.7 Å². The fraction of sp³-hybridized carbons (Fsp3) is 0.0769. The molecule has 0 saturated carbocycles. The van der Waals surface area contributed by atoms with Crippen molar-refractivity contribution in [2.45, 2.75) is 6.92 Å². The number of aromatic nitrogens is 2. The van der Waals surface area contributed by atoms with Gasteiger partial charge in [-0.1, -0.05) is 17.3 Å². The zero-order valence-corrected chi connectivity index (χ0v) is 10.9. The van der Waals surface area contributed by atoms with E-state index in [4.69, 9.17) is 10.3 Å². The van der Waals surface area contributed by atoms with Gasteiger partial charge in [0.15, 0.2) is 0 Å². The van der Waals surface area contributed by atoms with Crippen molar-refractivity contribution in [3.05, 3.63) is 41.3 Å². The summed E-state index contributed by atoms with van der Waals surface area (Å²) in [5.41, 5.74) is 7.89. The second-order valence-corrected chi connectivity index (χ2v) is 5.26. The monoisotopic (exact) mass is 275 g/mol. The lowest BCUT2D eigenvalue weighted by Gasteiger charge is -2.00. The average Bonchev–Trinajstić information content (AvgIpc) is 2.97. The van der Waals surface area contributed by atoms with Gasteiger partial charge in [0, 0.05) is 6.20 Å². The number of halogens is 1. The van der Waals surface area contributed by atoms with Crippen molar-refractivity contribution >= 4 is 17.2 Å². The van der Waals surface area contributed by atoms with Crippen molar-refractivity contribution in [1.82, 2.24) is 10.1 Å². The highest BCUT2D eigenvalue weighted by Crippen LogP contribution is 2.38. The lowest BCUT2D eigenvalue weighted by atomic mass is 10.1. The molecule has 3 aromatic rings. The predicted molar refractivity (Wildman–Crippen MR) is 72.2 cm³/mol. The van der Waals surface area contributed by atoms with E-state index in [0.29, 0.717) is 11.3 Å². The van der Waals surface area contributed by atoms with Crippen molar-refractivity contribution in [3.8, 4) is 21.7 Å². The highest BCUT2D eigenvalue weighted by molar-refractivity contribution is 7.15. The molecule has 0 fully saturated rings. The molecule has 0 aliphatic rings. The number of thiazole rings is 1. The van der Waals surface area contributed by atoms with Crippen LogP contribution in [-0.2, 0) is 0 Å². The van der Waals surface area contributed by atoms with Crippen LogP contribution in [-0.4, -0.2) is 10.1 Å². The Labute approximate surface area is 112 Å². The maximum atomic E-state index is 13.0. The lowest BCUT2D eigenvalue weighted by Crippen LogP contribution is -1.87. The first-order valence-electron chi connectivity index (χ1n) is 5.59. The number of hydrogen-bond acceptors (Lipinski definition) is 5. The van der Waals surface area contributed by atoms with E-state index in [-0.39, 0.29) is 11.7 Å². The SMILES string of the molecule is Cc1ncc(-c2noc(N)c2-c2ccc(F)cc2)s1. The van der Waals surface area contributed by atoms with E-state index in [1.807, 2.05) is 6.92 Å². The zero-order valence-electron chi connectivity index (χ0n) is 10.1. The molecule has 0 bridgehead atoms. The van der Waals surface area contributed by atoms with Gasteiger partial charge in [-0.3, -0.25) is 0 Å². The summed E-state index contributed by atoms with van der Waals surface area (Å²) in [5, 5.41) is 4.91. The van der Waals surface area contributed by atoms with Gasteiger partial charge < -0.3 is 10.3 Å². The molecule has 0 spiro atoms. The topological polar surface area (TPSA) is 64.9 Å². The van der Waals surface area contributed by atoms with Crippen LogP contribution in [0.1, 0.15) is 5.01 Å². The predicted octanol–water partition coefficient (Wildman–Crippen LogP) is 3.49.